The molecular formula is C15H14Cl3F3N4S. The van der Waals surface area contributed by atoms with Crippen LogP contribution in [0.5, 0.6) is 0 Å². The summed E-state index contributed by atoms with van der Waals surface area (Å²) in [5.74, 6) is 0. The van der Waals surface area contributed by atoms with Crippen LogP contribution >= 0.6 is 47.0 Å². The van der Waals surface area contributed by atoms with E-state index in [1.807, 2.05) is 0 Å². The second kappa shape index (κ2) is 8.65. The summed E-state index contributed by atoms with van der Waals surface area (Å²) in [6.45, 7) is 2.19. The average Bonchev–Trinajstić information content (AvgIpc) is 2.78. The molecule has 0 fully saturated rings. The molecule has 0 atom stereocenters. The minimum Gasteiger partial charge on any atom is -0.362 e. The van der Waals surface area contributed by atoms with E-state index in [0.717, 1.165) is 0 Å². The molecule has 26 heavy (non-hydrogen) atoms. The summed E-state index contributed by atoms with van der Waals surface area (Å²) in [6.07, 6.45) is -4.08. The van der Waals surface area contributed by atoms with Gasteiger partial charge in [-0.3, -0.25) is 4.68 Å². The van der Waals surface area contributed by atoms with Gasteiger partial charge in [-0.1, -0.05) is 34.8 Å². The standard InChI is InChI=1S/C15H14Cl3F3N4S/c1-8-12(18)13(15(19,20)21)24-25(8)4-2-3-22-14(26)23-11-6-9(16)5-10(17)7-11/h5-7H,2-4H2,1H3,(H2,22,23,26). The van der Waals surface area contributed by atoms with E-state index in [1.54, 1.807) is 18.2 Å². The molecule has 0 aliphatic heterocycles. The van der Waals surface area contributed by atoms with Crippen LogP contribution in [0.3, 0.4) is 0 Å². The Labute approximate surface area is 168 Å². The van der Waals surface area contributed by atoms with Crippen molar-refractivity contribution in [2.24, 2.45) is 0 Å². The van der Waals surface area contributed by atoms with Crippen LogP contribution in [0.25, 0.3) is 0 Å². The van der Waals surface area contributed by atoms with E-state index in [9.17, 15) is 13.2 Å². The number of nitrogens with one attached hydrogen (secondary N) is 2. The summed E-state index contributed by atoms with van der Waals surface area (Å²) in [5, 5.41) is 10.3. The number of halogens is 6. The molecule has 0 saturated carbocycles. The first-order valence-electron chi connectivity index (χ1n) is 7.39. The van der Waals surface area contributed by atoms with Crippen molar-refractivity contribution >= 4 is 57.8 Å². The van der Waals surface area contributed by atoms with Crippen LogP contribution in [-0.2, 0) is 12.7 Å². The zero-order valence-electron chi connectivity index (χ0n) is 13.4. The van der Waals surface area contributed by atoms with Gasteiger partial charge in [-0.2, -0.15) is 18.3 Å². The van der Waals surface area contributed by atoms with Gasteiger partial charge in [0.15, 0.2) is 10.8 Å². The molecule has 2 aromatic rings. The number of aryl methyl sites for hydroxylation is 1. The summed E-state index contributed by atoms with van der Waals surface area (Å²) in [6, 6.07) is 4.92. The third-order valence-corrected chi connectivity index (χ3v) is 4.49. The van der Waals surface area contributed by atoms with Crippen molar-refractivity contribution in [2.45, 2.75) is 26.1 Å². The molecule has 4 nitrogen and oxygen atoms in total. The Morgan fingerprint density at radius 2 is 1.81 bits per heavy atom. The lowest BCUT2D eigenvalue weighted by Crippen LogP contribution is -2.29. The first kappa shape index (κ1) is 21.1. The van der Waals surface area contributed by atoms with Gasteiger partial charge in [0.25, 0.3) is 0 Å². The van der Waals surface area contributed by atoms with Gasteiger partial charge in [0.1, 0.15) is 0 Å². The van der Waals surface area contributed by atoms with Gasteiger partial charge in [0.2, 0.25) is 0 Å². The van der Waals surface area contributed by atoms with Gasteiger partial charge in [-0.25, -0.2) is 0 Å². The van der Waals surface area contributed by atoms with Crippen molar-refractivity contribution in [1.82, 2.24) is 15.1 Å². The molecule has 1 aromatic heterocycles. The number of nitrogens with zero attached hydrogens (tertiary/aromatic N) is 2. The number of alkyl halides is 3. The van der Waals surface area contributed by atoms with Crippen molar-refractivity contribution < 1.29 is 13.2 Å². The fourth-order valence-corrected chi connectivity index (χ4v) is 3.14. The van der Waals surface area contributed by atoms with Crippen molar-refractivity contribution in [3.05, 3.63) is 44.7 Å². The van der Waals surface area contributed by atoms with Gasteiger partial charge in [-0.05, 0) is 43.8 Å². The van der Waals surface area contributed by atoms with E-state index in [4.69, 9.17) is 47.0 Å². The summed E-state index contributed by atoms with van der Waals surface area (Å²) in [5.41, 5.74) is -0.169. The van der Waals surface area contributed by atoms with Crippen LogP contribution < -0.4 is 10.6 Å². The molecule has 0 aliphatic carbocycles. The number of thiocarbonyl (C=S) groups is 1. The van der Waals surface area contributed by atoms with E-state index < -0.39 is 11.9 Å². The topological polar surface area (TPSA) is 41.9 Å². The Morgan fingerprint density at radius 1 is 1.19 bits per heavy atom. The highest BCUT2D eigenvalue weighted by Gasteiger charge is 2.38. The molecule has 0 aliphatic rings. The van der Waals surface area contributed by atoms with Gasteiger partial charge in [-0.15, -0.1) is 0 Å². The second-order valence-corrected chi connectivity index (χ2v) is 7.02. The number of hydrogen-bond acceptors (Lipinski definition) is 2. The molecule has 1 aromatic carbocycles. The number of anilines is 1. The number of hydrogen-bond donors (Lipinski definition) is 2. The van der Waals surface area contributed by atoms with Crippen LogP contribution in [0.4, 0.5) is 18.9 Å². The lowest BCUT2D eigenvalue weighted by molar-refractivity contribution is -0.141. The number of benzene rings is 1. The van der Waals surface area contributed by atoms with Gasteiger partial charge in [0.05, 0.1) is 10.7 Å². The molecule has 142 valence electrons. The molecule has 0 saturated heterocycles. The maximum atomic E-state index is 12.8. The molecule has 0 bridgehead atoms. The maximum absolute atomic E-state index is 12.8. The smallest absolute Gasteiger partial charge is 0.362 e. The van der Waals surface area contributed by atoms with Crippen molar-refractivity contribution in [1.29, 1.82) is 0 Å². The summed E-state index contributed by atoms with van der Waals surface area (Å²) in [7, 11) is 0. The lowest BCUT2D eigenvalue weighted by Gasteiger charge is -2.11. The van der Waals surface area contributed by atoms with Crippen LogP contribution in [0.2, 0.25) is 15.1 Å². The highest BCUT2D eigenvalue weighted by molar-refractivity contribution is 7.80. The minimum absolute atomic E-state index is 0.264. The second-order valence-electron chi connectivity index (χ2n) is 5.36. The molecule has 0 unspecified atom stereocenters. The molecule has 0 radical (unpaired) electrons. The molecule has 2 N–H and O–H groups in total. The van der Waals surface area contributed by atoms with Crippen molar-refractivity contribution in [3.63, 3.8) is 0 Å². The highest BCUT2D eigenvalue weighted by atomic mass is 35.5. The Kier molecular flexibility index (Phi) is 7.01. The third-order valence-electron chi connectivity index (χ3n) is 3.35. The first-order valence-corrected chi connectivity index (χ1v) is 8.93. The Balaban J connectivity index is 1.84. The first-order chi connectivity index (χ1) is 12.1. The SMILES string of the molecule is Cc1c(Cl)c(C(F)(F)F)nn1CCCNC(=S)Nc1cc(Cl)cc(Cl)c1. The summed E-state index contributed by atoms with van der Waals surface area (Å²) >= 11 is 22.7. The molecule has 0 spiro atoms. The highest BCUT2D eigenvalue weighted by Crippen LogP contribution is 2.35. The summed E-state index contributed by atoms with van der Waals surface area (Å²) < 4.78 is 39.6. The number of aromatic nitrogens is 2. The lowest BCUT2D eigenvalue weighted by atomic mass is 10.3. The fourth-order valence-electron chi connectivity index (χ4n) is 2.16. The van der Waals surface area contributed by atoms with E-state index in [1.165, 1.54) is 11.6 Å². The molecule has 0 amide bonds. The van der Waals surface area contributed by atoms with Crippen LogP contribution in [0, 0.1) is 6.92 Å². The molecular weight excluding hydrogens is 432 g/mol. The van der Waals surface area contributed by atoms with Crippen LogP contribution in [0.15, 0.2) is 18.2 Å². The van der Waals surface area contributed by atoms with E-state index in [-0.39, 0.29) is 17.3 Å². The van der Waals surface area contributed by atoms with Crippen LogP contribution in [-0.4, -0.2) is 21.4 Å². The zero-order chi connectivity index (χ0) is 19.5. The molecule has 11 heteroatoms. The predicted molar refractivity (Wildman–Crippen MR) is 102 cm³/mol. The molecule has 1 heterocycles. The quantitative estimate of drug-likeness (QED) is 0.468. The van der Waals surface area contributed by atoms with Gasteiger partial charge >= 0.3 is 6.18 Å². The normalized spacial score (nSPS) is 11.5. The Morgan fingerprint density at radius 3 is 2.35 bits per heavy atom. The fraction of sp³-hybridized carbons (Fsp3) is 0.333. The monoisotopic (exact) mass is 444 g/mol. The third kappa shape index (κ3) is 5.64. The largest absolute Gasteiger partial charge is 0.436 e. The van der Waals surface area contributed by atoms with Crippen molar-refractivity contribution in [3.8, 4) is 0 Å². The van der Waals surface area contributed by atoms with Crippen LogP contribution in [0.1, 0.15) is 17.8 Å². The predicted octanol–water partition coefficient (Wildman–Crippen LogP) is 5.55. The maximum Gasteiger partial charge on any atom is 0.436 e. The van der Waals surface area contributed by atoms with Crippen molar-refractivity contribution in [2.75, 3.05) is 11.9 Å². The summed E-state index contributed by atoms with van der Waals surface area (Å²) in [4.78, 5) is 0. The minimum atomic E-state index is -4.57. The Hall–Kier alpha value is -1.22. The Bertz CT molecular complexity index is 788. The molecule has 2 rings (SSSR count). The van der Waals surface area contributed by atoms with E-state index >= 15 is 0 Å². The number of rotatable bonds is 5. The van der Waals surface area contributed by atoms with E-state index in [2.05, 4.69) is 15.7 Å². The van der Waals surface area contributed by atoms with E-state index in [0.29, 0.717) is 33.8 Å². The average molecular weight is 446 g/mol. The van der Waals surface area contributed by atoms with Gasteiger partial charge < -0.3 is 10.6 Å². The zero-order valence-corrected chi connectivity index (χ0v) is 16.5. The van der Waals surface area contributed by atoms with Gasteiger partial charge in [0, 0.05) is 28.8 Å².